The molecule has 0 bridgehead atoms. The fourth-order valence-electron chi connectivity index (χ4n) is 1.63. The first-order valence-corrected chi connectivity index (χ1v) is 7.07. The lowest BCUT2D eigenvalue weighted by Gasteiger charge is -2.18. The third-order valence-corrected chi connectivity index (χ3v) is 3.09. The zero-order chi connectivity index (χ0) is 13.9. The lowest BCUT2D eigenvalue weighted by Crippen LogP contribution is -2.17. The van der Waals surface area contributed by atoms with Crippen LogP contribution < -0.4 is 5.32 Å². The molecule has 100 valence electrons. The number of nitrogens with one attached hydrogen (secondary N) is 1. The summed E-state index contributed by atoms with van der Waals surface area (Å²) < 4.78 is 0.808. The highest BCUT2D eigenvalue weighted by molar-refractivity contribution is 9.10. The molecule has 0 amide bonds. The van der Waals surface area contributed by atoms with Gasteiger partial charge in [-0.05, 0) is 21.5 Å². The normalized spacial score (nSPS) is 11.4. The highest BCUT2D eigenvalue weighted by Crippen LogP contribution is 2.22. The van der Waals surface area contributed by atoms with Gasteiger partial charge in [0.2, 0.25) is 0 Å². The minimum absolute atomic E-state index is 0.0625. The molecule has 0 saturated heterocycles. The monoisotopic (exact) mass is 319 g/mol. The van der Waals surface area contributed by atoms with Gasteiger partial charge in [0.1, 0.15) is 16.2 Å². The molecule has 1 heterocycles. The van der Waals surface area contributed by atoms with Crippen molar-refractivity contribution in [1.29, 1.82) is 0 Å². The van der Waals surface area contributed by atoms with Gasteiger partial charge in [0.15, 0.2) is 0 Å². The van der Waals surface area contributed by atoms with Gasteiger partial charge >= 0.3 is 0 Å². The molecule has 3 nitrogen and oxygen atoms in total. The summed E-state index contributed by atoms with van der Waals surface area (Å²) in [5, 5.41) is 3.33. The minimum Gasteiger partial charge on any atom is -0.366 e. The highest BCUT2D eigenvalue weighted by Gasteiger charge is 2.18. The molecule has 0 saturated carbocycles. The molecule has 1 aromatic heterocycles. The topological polar surface area (TPSA) is 37.8 Å². The Labute approximate surface area is 122 Å². The van der Waals surface area contributed by atoms with Crippen LogP contribution in [-0.4, -0.2) is 9.97 Å². The summed E-state index contributed by atoms with van der Waals surface area (Å²) in [6, 6.07) is 12.2. The van der Waals surface area contributed by atoms with Crippen molar-refractivity contribution in [3.05, 3.63) is 52.4 Å². The van der Waals surface area contributed by atoms with Gasteiger partial charge in [0, 0.05) is 18.0 Å². The first-order chi connectivity index (χ1) is 8.95. The molecular formula is C15H18BrN3. The van der Waals surface area contributed by atoms with E-state index in [2.05, 4.69) is 64.1 Å². The van der Waals surface area contributed by atoms with E-state index >= 15 is 0 Å². The Kier molecular flexibility index (Phi) is 4.20. The van der Waals surface area contributed by atoms with Crippen LogP contribution in [0.25, 0.3) is 0 Å². The zero-order valence-electron chi connectivity index (χ0n) is 11.4. The van der Waals surface area contributed by atoms with Crippen LogP contribution in [0, 0.1) is 0 Å². The predicted octanol–water partition coefficient (Wildman–Crippen LogP) is 4.15. The van der Waals surface area contributed by atoms with Crippen molar-refractivity contribution in [2.75, 3.05) is 5.32 Å². The van der Waals surface area contributed by atoms with Gasteiger partial charge in [0.05, 0.1) is 0 Å². The molecule has 0 aliphatic rings. The van der Waals surface area contributed by atoms with Crippen molar-refractivity contribution in [2.24, 2.45) is 0 Å². The summed E-state index contributed by atoms with van der Waals surface area (Å²) in [5.74, 6) is 1.67. The van der Waals surface area contributed by atoms with Crippen LogP contribution in [0.3, 0.4) is 0 Å². The summed E-state index contributed by atoms with van der Waals surface area (Å²) in [6.45, 7) is 7.08. The van der Waals surface area contributed by atoms with Gasteiger partial charge in [-0.15, -0.1) is 0 Å². The largest absolute Gasteiger partial charge is 0.366 e. The molecule has 2 aromatic rings. The van der Waals surface area contributed by atoms with Gasteiger partial charge in [-0.1, -0.05) is 51.1 Å². The molecular weight excluding hydrogens is 302 g/mol. The molecule has 4 heteroatoms. The quantitative estimate of drug-likeness (QED) is 0.864. The molecule has 0 fully saturated rings. The van der Waals surface area contributed by atoms with Crippen LogP contribution in [0.2, 0.25) is 0 Å². The molecule has 0 radical (unpaired) electrons. The zero-order valence-corrected chi connectivity index (χ0v) is 13.0. The summed E-state index contributed by atoms with van der Waals surface area (Å²) in [7, 11) is 0. The maximum atomic E-state index is 4.57. The van der Waals surface area contributed by atoms with Gasteiger partial charge < -0.3 is 5.32 Å². The van der Waals surface area contributed by atoms with E-state index in [1.807, 2.05) is 24.3 Å². The van der Waals surface area contributed by atoms with Crippen LogP contribution >= 0.6 is 15.9 Å². The fraction of sp³-hybridized carbons (Fsp3) is 0.333. The Bertz CT molecular complexity index is 547. The van der Waals surface area contributed by atoms with E-state index in [1.54, 1.807) is 0 Å². The first-order valence-electron chi connectivity index (χ1n) is 6.28. The molecule has 0 aliphatic carbocycles. The number of rotatable bonds is 3. The SMILES string of the molecule is CC(C)(C)c1nc(Br)cc(NCc2ccccc2)n1. The Morgan fingerprint density at radius 2 is 1.79 bits per heavy atom. The average Bonchev–Trinajstić information content (AvgIpc) is 2.36. The number of benzene rings is 1. The molecule has 1 N–H and O–H groups in total. The number of nitrogens with zero attached hydrogens (tertiary/aromatic N) is 2. The van der Waals surface area contributed by atoms with Crippen molar-refractivity contribution in [1.82, 2.24) is 9.97 Å². The molecule has 2 rings (SSSR count). The van der Waals surface area contributed by atoms with E-state index in [9.17, 15) is 0 Å². The van der Waals surface area contributed by atoms with E-state index in [-0.39, 0.29) is 5.41 Å². The first kappa shape index (κ1) is 14.0. The van der Waals surface area contributed by atoms with E-state index < -0.39 is 0 Å². The van der Waals surface area contributed by atoms with Crippen LogP contribution in [0.15, 0.2) is 41.0 Å². The Hall–Kier alpha value is -1.42. The predicted molar refractivity (Wildman–Crippen MR) is 82.2 cm³/mol. The lowest BCUT2D eigenvalue weighted by molar-refractivity contribution is 0.544. The van der Waals surface area contributed by atoms with Gasteiger partial charge in [-0.2, -0.15) is 0 Å². The maximum Gasteiger partial charge on any atom is 0.137 e. The van der Waals surface area contributed by atoms with Gasteiger partial charge in [-0.3, -0.25) is 0 Å². The Morgan fingerprint density at radius 3 is 2.42 bits per heavy atom. The molecule has 0 spiro atoms. The number of halogens is 1. The summed E-state index contributed by atoms with van der Waals surface area (Å²) in [6.07, 6.45) is 0. The number of hydrogen-bond donors (Lipinski definition) is 1. The van der Waals surface area contributed by atoms with Crippen molar-refractivity contribution in [2.45, 2.75) is 32.7 Å². The summed E-state index contributed by atoms with van der Waals surface area (Å²) in [4.78, 5) is 8.99. The van der Waals surface area contributed by atoms with Crippen LogP contribution in [-0.2, 0) is 12.0 Å². The second-order valence-electron chi connectivity index (χ2n) is 5.49. The maximum absolute atomic E-state index is 4.57. The number of hydrogen-bond acceptors (Lipinski definition) is 3. The van der Waals surface area contributed by atoms with Crippen molar-refractivity contribution >= 4 is 21.7 Å². The third kappa shape index (κ3) is 4.03. The second kappa shape index (κ2) is 5.70. The third-order valence-electron chi connectivity index (χ3n) is 2.68. The van der Waals surface area contributed by atoms with Crippen LogP contribution in [0.1, 0.15) is 32.2 Å². The highest BCUT2D eigenvalue weighted by atomic mass is 79.9. The van der Waals surface area contributed by atoms with Gasteiger partial charge in [0.25, 0.3) is 0 Å². The van der Waals surface area contributed by atoms with Crippen LogP contribution in [0.5, 0.6) is 0 Å². The van der Waals surface area contributed by atoms with E-state index in [0.717, 1.165) is 22.8 Å². The second-order valence-corrected chi connectivity index (χ2v) is 6.30. The van der Waals surface area contributed by atoms with Gasteiger partial charge in [-0.25, -0.2) is 9.97 Å². The Morgan fingerprint density at radius 1 is 1.11 bits per heavy atom. The number of anilines is 1. The average molecular weight is 320 g/mol. The molecule has 1 aromatic carbocycles. The lowest BCUT2D eigenvalue weighted by atomic mass is 9.96. The van der Waals surface area contributed by atoms with Crippen molar-refractivity contribution < 1.29 is 0 Å². The summed E-state index contributed by atoms with van der Waals surface area (Å²) >= 11 is 3.44. The fourth-order valence-corrected chi connectivity index (χ4v) is 2.02. The molecule has 0 atom stereocenters. The van der Waals surface area contributed by atoms with Crippen molar-refractivity contribution in [3.63, 3.8) is 0 Å². The molecule has 0 unspecified atom stereocenters. The summed E-state index contributed by atoms with van der Waals surface area (Å²) in [5.41, 5.74) is 1.17. The van der Waals surface area contributed by atoms with E-state index in [0.29, 0.717) is 0 Å². The smallest absolute Gasteiger partial charge is 0.137 e. The minimum atomic E-state index is -0.0625. The molecule has 0 aliphatic heterocycles. The van der Waals surface area contributed by atoms with Crippen LogP contribution in [0.4, 0.5) is 5.82 Å². The Balaban J connectivity index is 2.15. The van der Waals surface area contributed by atoms with E-state index in [1.165, 1.54) is 5.56 Å². The van der Waals surface area contributed by atoms with E-state index in [4.69, 9.17) is 0 Å². The van der Waals surface area contributed by atoms with Crippen molar-refractivity contribution in [3.8, 4) is 0 Å². The molecule has 19 heavy (non-hydrogen) atoms. The standard InChI is InChI=1S/C15H18BrN3/c1-15(2,3)14-18-12(16)9-13(19-14)17-10-11-7-5-4-6-8-11/h4-9H,10H2,1-3H3,(H,17,18,19). The number of aromatic nitrogens is 2.